The smallest absolute Gasteiger partial charge is 0.156 e. The number of nitrogens with one attached hydrogen (secondary N) is 1. The predicted molar refractivity (Wildman–Crippen MR) is 160 cm³/mol. The van der Waals surface area contributed by atoms with Gasteiger partial charge in [0.05, 0.1) is 18.9 Å². The van der Waals surface area contributed by atoms with E-state index in [1.165, 1.54) is 33.4 Å². The van der Waals surface area contributed by atoms with Gasteiger partial charge in [0.1, 0.15) is 11.5 Å². The van der Waals surface area contributed by atoms with Crippen LogP contribution in [-0.2, 0) is 9.53 Å². The normalized spacial score (nSPS) is 19.7. The third kappa shape index (κ3) is 5.61. The highest BCUT2D eigenvalue weighted by Crippen LogP contribution is 2.55. The molecule has 4 heteroatoms. The number of methoxy groups -OCH3 is 1. The molecule has 0 saturated heterocycles. The topological polar surface area (TPSA) is 57.5 Å². The SMILES string of the molecule is CCCC(CCC)Oc1ccc(-c2cccc(/C=C(\C)C3=C(OC)C=C(C(C)=O)C4CC34)c2C)cc1C1=CN1. The van der Waals surface area contributed by atoms with Crippen molar-refractivity contribution in [3.63, 3.8) is 0 Å². The van der Waals surface area contributed by atoms with Crippen LogP contribution in [0.15, 0.2) is 71.2 Å². The first-order valence-electron chi connectivity index (χ1n) is 14.4. The first kappa shape index (κ1) is 27.1. The predicted octanol–water partition coefficient (Wildman–Crippen LogP) is 8.38. The van der Waals surface area contributed by atoms with Gasteiger partial charge in [-0.05, 0) is 97.9 Å². The van der Waals surface area contributed by atoms with Gasteiger partial charge in [-0.2, -0.15) is 0 Å². The van der Waals surface area contributed by atoms with Crippen molar-refractivity contribution in [1.29, 1.82) is 0 Å². The minimum absolute atomic E-state index is 0.153. The van der Waals surface area contributed by atoms with Crippen LogP contribution in [0.25, 0.3) is 22.9 Å². The molecule has 0 amide bonds. The van der Waals surface area contributed by atoms with E-state index in [-0.39, 0.29) is 11.9 Å². The van der Waals surface area contributed by atoms with Gasteiger partial charge in [0.2, 0.25) is 0 Å². The molecule has 2 aromatic carbocycles. The lowest BCUT2D eigenvalue weighted by Crippen LogP contribution is -2.16. The maximum absolute atomic E-state index is 12.1. The van der Waals surface area contributed by atoms with E-state index >= 15 is 0 Å². The van der Waals surface area contributed by atoms with Gasteiger partial charge in [0.15, 0.2) is 5.78 Å². The molecule has 1 N–H and O–H groups in total. The molecule has 4 nitrogen and oxygen atoms in total. The molecule has 204 valence electrons. The summed E-state index contributed by atoms with van der Waals surface area (Å²) in [5.41, 5.74) is 10.5. The largest absolute Gasteiger partial charge is 0.496 e. The second-order valence-corrected chi connectivity index (χ2v) is 11.2. The fourth-order valence-corrected chi connectivity index (χ4v) is 6.11. The van der Waals surface area contributed by atoms with Crippen LogP contribution < -0.4 is 10.1 Å². The summed E-state index contributed by atoms with van der Waals surface area (Å²) in [4.78, 5) is 12.1. The summed E-state index contributed by atoms with van der Waals surface area (Å²) in [7, 11) is 1.70. The Balaban J connectivity index is 1.47. The minimum atomic E-state index is 0.153. The lowest BCUT2D eigenvalue weighted by atomic mass is 9.89. The van der Waals surface area contributed by atoms with E-state index in [9.17, 15) is 4.79 Å². The lowest BCUT2D eigenvalue weighted by Gasteiger charge is -2.21. The number of ether oxygens (including phenoxy) is 2. The molecule has 5 rings (SSSR count). The molecule has 0 radical (unpaired) electrons. The van der Waals surface area contributed by atoms with Crippen LogP contribution in [0.1, 0.15) is 76.5 Å². The number of carbonyl (C=O) groups is 1. The maximum atomic E-state index is 12.1. The summed E-state index contributed by atoms with van der Waals surface area (Å²) in [6.07, 6.45) is 11.9. The van der Waals surface area contributed by atoms with E-state index in [0.29, 0.717) is 11.8 Å². The van der Waals surface area contributed by atoms with Crippen molar-refractivity contribution >= 4 is 17.6 Å². The van der Waals surface area contributed by atoms with Gasteiger partial charge >= 0.3 is 0 Å². The van der Waals surface area contributed by atoms with Crippen molar-refractivity contribution in [2.75, 3.05) is 7.11 Å². The molecule has 1 aliphatic heterocycles. The van der Waals surface area contributed by atoms with Crippen LogP contribution in [0.4, 0.5) is 0 Å². The number of carbonyl (C=O) groups excluding carboxylic acids is 1. The summed E-state index contributed by atoms with van der Waals surface area (Å²) < 4.78 is 12.3. The highest BCUT2D eigenvalue weighted by Gasteiger charge is 2.47. The van der Waals surface area contributed by atoms with E-state index in [2.05, 4.69) is 75.5 Å². The van der Waals surface area contributed by atoms with Crippen LogP contribution in [0.5, 0.6) is 5.75 Å². The fraction of sp³-hybridized carbons (Fsp3) is 0.400. The second-order valence-electron chi connectivity index (χ2n) is 11.2. The Kier molecular flexibility index (Phi) is 7.83. The van der Waals surface area contributed by atoms with E-state index in [1.807, 2.05) is 12.3 Å². The van der Waals surface area contributed by atoms with Crippen molar-refractivity contribution in [2.45, 2.75) is 72.8 Å². The van der Waals surface area contributed by atoms with Crippen LogP contribution in [-0.4, -0.2) is 19.0 Å². The Morgan fingerprint density at radius 1 is 1.08 bits per heavy atom. The molecule has 2 atom stereocenters. The number of Topliss-reactive ketones (excluding diaryl/α,β-unsaturated/α-hetero) is 1. The van der Waals surface area contributed by atoms with Gasteiger partial charge in [-0.3, -0.25) is 4.79 Å². The van der Waals surface area contributed by atoms with Gasteiger partial charge in [-0.15, -0.1) is 0 Å². The molecular formula is C35H41NO3. The first-order valence-corrected chi connectivity index (χ1v) is 14.4. The zero-order chi connectivity index (χ0) is 27.7. The highest BCUT2D eigenvalue weighted by atomic mass is 16.5. The quantitative estimate of drug-likeness (QED) is 0.304. The van der Waals surface area contributed by atoms with Crippen molar-refractivity contribution in [2.24, 2.45) is 11.8 Å². The van der Waals surface area contributed by atoms with Gasteiger partial charge in [-0.1, -0.05) is 57.0 Å². The summed E-state index contributed by atoms with van der Waals surface area (Å²) in [5.74, 6) is 2.66. The van der Waals surface area contributed by atoms with Gasteiger partial charge in [0, 0.05) is 22.9 Å². The number of hydrogen-bond donors (Lipinski definition) is 1. The Morgan fingerprint density at radius 3 is 2.46 bits per heavy atom. The molecule has 39 heavy (non-hydrogen) atoms. The third-order valence-corrected chi connectivity index (χ3v) is 8.30. The average molecular weight is 524 g/mol. The van der Waals surface area contributed by atoms with Crippen LogP contribution >= 0.6 is 0 Å². The second kappa shape index (κ2) is 11.3. The number of allylic oxidation sites excluding steroid dienone is 4. The molecule has 0 spiro atoms. The Morgan fingerprint density at radius 2 is 1.82 bits per heavy atom. The zero-order valence-electron chi connectivity index (χ0n) is 24.2. The summed E-state index contributed by atoms with van der Waals surface area (Å²) in [6.45, 7) is 10.5. The van der Waals surface area contributed by atoms with Crippen molar-refractivity contribution in [3.05, 3.63) is 87.8 Å². The third-order valence-electron chi connectivity index (χ3n) is 8.30. The van der Waals surface area contributed by atoms with Crippen molar-refractivity contribution in [1.82, 2.24) is 5.32 Å². The number of benzene rings is 2. The van der Waals surface area contributed by atoms with E-state index in [4.69, 9.17) is 9.47 Å². The highest BCUT2D eigenvalue weighted by molar-refractivity contribution is 5.95. The van der Waals surface area contributed by atoms with Crippen molar-refractivity contribution < 1.29 is 14.3 Å². The van der Waals surface area contributed by atoms with Crippen LogP contribution in [0, 0.1) is 18.8 Å². The lowest BCUT2D eigenvalue weighted by molar-refractivity contribution is -0.113. The summed E-state index contributed by atoms with van der Waals surface area (Å²) >= 11 is 0. The van der Waals surface area contributed by atoms with E-state index < -0.39 is 0 Å². The maximum Gasteiger partial charge on any atom is 0.156 e. The summed E-state index contributed by atoms with van der Waals surface area (Å²) in [6, 6.07) is 13.1. The molecule has 0 bridgehead atoms. The molecule has 1 fully saturated rings. The van der Waals surface area contributed by atoms with Gasteiger partial charge in [-0.25, -0.2) is 0 Å². The number of ketones is 1. The summed E-state index contributed by atoms with van der Waals surface area (Å²) in [5, 5.41) is 3.28. The van der Waals surface area contributed by atoms with Crippen LogP contribution in [0.3, 0.4) is 0 Å². The number of hydrogen-bond acceptors (Lipinski definition) is 4. The number of rotatable bonds is 12. The standard InChI is InChI=1S/C35H41NO3/c1-7-10-26(11-8-2)39-33-15-14-25(17-31(33)32-20-36-32)27-13-9-12-24(22(27)4)16-21(3)35-30-18-29(30)28(23(5)37)19-34(35)38-6/h9,12-17,19-20,26,29-30,36H,7-8,10-11,18H2,1-6H3/b21-16+. The molecule has 3 aliphatic rings. The average Bonchev–Trinajstić information content (AvgIpc) is 3.84. The fourth-order valence-electron chi connectivity index (χ4n) is 6.11. The molecule has 1 saturated carbocycles. The molecule has 0 aromatic heterocycles. The molecule has 2 aliphatic carbocycles. The Hall–Kier alpha value is -3.53. The zero-order valence-corrected chi connectivity index (χ0v) is 24.2. The number of fused-ring (bicyclic) bond motifs is 1. The monoisotopic (exact) mass is 523 g/mol. The molecule has 2 unspecified atom stereocenters. The minimum Gasteiger partial charge on any atom is -0.496 e. The Labute approximate surface area is 233 Å². The molecule has 1 heterocycles. The van der Waals surface area contributed by atoms with E-state index in [1.54, 1.807) is 14.0 Å². The van der Waals surface area contributed by atoms with Gasteiger partial charge < -0.3 is 14.8 Å². The first-order chi connectivity index (χ1) is 18.9. The van der Waals surface area contributed by atoms with Crippen molar-refractivity contribution in [3.8, 4) is 16.9 Å². The van der Waals surface area contributed by atoms with E-state index in [0.717, 1.165) is 60.4 Å². The molecular weight excluding hydrogens is 482 g/mol. The van der Waals surface area contributed by atoms with Gasteiger partial charge in [0.25, 0.3) is 0 Å². The molecule has 2 aromatic rings. The van der Waals surface area contributed by atoms with Crippen LogP contribution in [0.2, 0.25) is 0 Å². The Bertz CT molecular complexity index is 1400.